The van der Waals surface area contributed by atoms with Crippen molar-refractivity contribution in [2.24, 2.45) is 0 Å². The Bertz CT molecular complexity index is 950. The zero-order chi connectivity index (χ0) is 21.8. The van der Waals surface area contributed by atoms with Crippen LogP contribution in [0.3, 0.4) is 0 Å². The van der Waals surface area contributed by atoms with Gasteiger partial charge in [-0.15, -0.1) is 11.3 Å². The number of methoxy groups -OCH3 is 1. The van der Waals surface area contributed by atoms with Crippen LogP contribution in [-0.2, 0) is 22.4 Å². The Morgan fingerprint density at radius 1 is 1.16 bits per heavy atom. The summed E-state index contributed by atoms with van der Waals surface area (Å²) in [6.07, 6.45) is 2.90. The van der Waals surface area contributed by atoms with E-state index in [0.717, 1.165) is 62.4 Å². The smallest absolute Gasteiger partial charge is 0.341 e. The van der Waals surface area contributed by atoms with Crippen LogP contribution in [0.15, 0.2) is 24.3 Å². The monoisotopic (exact) mass is 443 g/mol. The minimum Gasteiger partial charge on any atom is -0.497 e. The topological polar surface area (TPSA) is 71.1 Å². The summed E-state index contributed by atoms with van der Waals surface area (Å²) in [5.74, 6) is 0.434. The molecule has 0 atom stereocenters. The summed E-state index contributed by atoms with van der Waals surface area (Å²) in [5, 5.41) is 3.63. The summed E-state index contributed by atoms with van der Waals surface area (Å²) in [4.78, 5) is 30.9. The number of piperazine rings is 1. The number of benzene rings is 1. The number of carbonyl (C=O) groups is 2. The zero-order valence-electron chi connectivity index (χ0n) is 18.1. The van der Waals surface area contributed by atoms with Crippen LogP contribution < -0.4 is 15.0 Å². The van der Waals surface area contributed by atoms with Crippen LogP contribution in [0.25, 0.3) is 0 Å². The molecule has 1 aliphatic heterocycles. The van der Waals surface area contributed by atoms with Crippen molar-refractivity contribution in [3.8, 4) is 5.75 Å². The van der Waals surface area contributed by atoms with E-state index in [-0.39, 0.29) is 11.9 Å². The third-order valence-electron chi connectivity index (χ3n) is 5.81. The Labute approximate surface area is 186 Å². The van der Waals surface area contributed by atoms with Crippen molar-refractivity contribution in [3.05, 3.63) is 40.3 Å². The molecule has 1 aliphatic carbocycles. The van der Waals surface area contributed by atoms with Gasteiger partial charge in [-0.3, -0.25) is 9.69 Å². The van der Waals surface area contributed by atoms with E-state index in [9.17, 15) is 9.59 Å². The maximum Gasteiger partial charge on any atom is 0.341 e. The lowest BCUT2D eigenvalue weighted by atomic mass is 10.1. The maximum absolute atomic E-state index is 12.7. The highest BCUT2D eigenvalue weighted by molar-refractivity contribution is 7.17. The molecule has 0 spiro atoms. The molecule has 0 unspecified atom stereocenters. The third-order valence-corrected chi connectivity index (χ3v) is 7.02. The molecule has 1 aromatic carbocycles. The number of hydrogen-bond donors (Lipinski definition) is 1. The van der Waals surface area contributed by atoms with Gasteiger partial charge in [0.2, 0.25) is 5.91 Å². The number of aryl methyl sites for hydroxylation is 1. The molecule has 1 N–H and O–H groups in total. The molecule has 0 saturated carbocycles. The fraction of sp³-hybridized carbons (Fsp3) is 0.478. The van der Waals surface area contributed by atoms with Gasteiger partial charge in [0.15, 0.2) is 0 Å². The molecule has 0 bridgehead atoms. The van der Waals surface area contributed by atoms with Gasteiger partial charge in [-0.2, -0.15) is 0 Å². The average Bonchev–Trinajstić information content (AvgIpc) is 3.35. The Balaban J connectivity index is 1.34. The van der Waals surface area contributed by atoms with Gasteiger partial charge >= 0.3 is 5.97 Å². The molecule has 166 valence electrons. The van der Waals surface area contributed by atoms with E-state index < -0.39 is 0 Å². The molecule has 2 aromatic rings. The minimum atomic E-state index is -0.330. The number of fused-ring (bicyclic) bond motifs is 1. The second kappa shape index (κ2) is 9.70. The van der Waals surface area contributed by atoms with Crippen molar-refractivity contribution in [1.82, 2.24) is 4.90 Å². The quantitative estimate of drug-likeness (QED) is 0.663. The standard InChI is InChI=1S/C23H29N3O4S/c1-3-30-23(28)21-18-8-5-9-19(18)31-22(21)24-20(27)15-25-10-12-26(13-11-25)16-6-4-7-17(14-16)29-2/h4,6-7,14H,3,5,8-13,15H2,1-2H3,(H,24,27). The predicted octanol–water partition coefficient (Wildman–Crippen LogP) is 3.18. The van der Waals surface area contributed by atoms with Gasteiger partial charge in [-0.1, -0.05) is 6.07 Å². The number of carbonyl (C=O) groups excluding carboxylic acids is 2. The van der Waals surface area contributed by atoms with Gasteiger partial charge in [-0.05, 0) is 43.9 Å². The van der Waals surface area contributed by atoms with E-state index in [1.165, 1.54) is 16.2 Å². The molecule has 31 heavy (non-hydrogen) atoms. The number of anilines is 2. The fourth-order valence-corrected chi connectivity index (χ4v) is 5.55. The predicted molar refractivity (Wildman–Crippen MR) is 123 cm³/mol. The maximum atomic E-state index is 12.7. The Morgan fingerprint density at radius 2 is 1.97 bits per heavy atom. The normalized spacial score (nSPS) is 16.1. The van der Waals surface area contributed by atoms with E-state index in [2.05, 4.69) is 21.2 Å². The first-order valence-electron chi connectivity index (χ1n) is 10.8. The lowest BCUT2D eigenvalue weighted by Crippen LogP contribution is -2.48. The summed E-state index contributed by atoms with van der Waals surface area (Å²) < 4.78 is 10.6. The Morgan fingerprint density at radius 3 is 2.71 bits per heavy atom. The molecule has 8 heteroatoms. The first-order chi connectivity index (χ1) is 15.1. The van der Waals surface area contributed by atoms with Crippen LogP contribution in [0.1, 0.15) is 34.1 Å². The van der Waals surface area contributed by atoms with Gasteiger partial charge in [0.05, 0.1) is 25.8 Å². The van der Waals surface area contributed by atoms with Crippen molar-refractivity contribution in [1.29, 1.82) is 0 Å². The molecule has 7 nitrogen and oxygen atoms in total. The second-order valence-corrected chi connectivity index (χ2v) is 8.90. The lowest BCUT2D eigenvalue weighted by Gasteiger charge is -2.35. The molecule has 1 amide bonds. The number of nitrogens with one attached hydrogen (secondary N) is 1. The molecule has 1 fully saturated rings. The summed E-state index contributed by atoms with van der Waals surface area (Å²) in [6.45, 7) is 5.75. The second-order valence-electron chi connectivity index (χ2n) is 7.79. The van der Waals surface area contributed by atoms with Crippen molar-refractivity contribution >= 4 is 33.9 Å². The molecular formula is C23H29N3O4S. The van der Waals surface area contributed by atoms with Crippen LogP contribution in [0.4, 0.5) is 10.7 Å². The Hall–Kier alpha value is -2.58. The number of ether oxygens (including phenoxy) is 2. The van der Waals surface area contributed by atoms with E-state index in [0.29, 0.717) is 23.7 Å². The van der Waals surface area contributed by atoms with Crippen LogP contribution in [0, 0.1) is 0 Å². The average molecular weight is 444 g/mol. The number of amides is 1. The van der Waals surface area contributed by atoms with E-state index in [4.69, 9.17) is 9.47 Å². The molecule has 2 heterocycles. The van der Waals surface area contributed by atoms with Crippen molar-refractivity contribution in [2.75, 3.05) is 56.7 Å². The molecule has 1 aromatic heterocycles. The van der Waals surface area contributed by atoms with Gasteiger partial charge in [0.1, 0.15) is 10.8 Å². The minimum absolute atomic E-state index is 0.0831. The largest absolute Gasteiger partial charge is 0.497 e. The van der Waals surface area contributed by atoms with Crippen LogP contribution in [0.5, 0.6) is 5.75 Å². The van der Waals surface area contributed by atoms with Crippen LogP contribution in [0.2, 0.25) is 0 Å². The molecule has 1 saturated heterocycles. The van der Waals surface area contributed by atoms with Gasteiger partial charge in [0, 0.05) is 42.8 Å². The fourth-order valence-electron chi connectivity index (χ4n) is 4.25. The van der Waals surface area contributed by atoms with Crippen molar-refractivity contribution in [3.63, 3.8) is 0 Å². The van der Waals surface area contributed by atoms with Gasteiger partial charge in [-0.25, -0.2) is 4.79 Å². The summed E-state index contributed by atoms with van der Waals surface area (Å²) in [6, 6.07) is 8.05. The highest BCUT2D eigenvalue weighted by Gasteiger charge is 2.29. The summed E-state index contributed by atoms with van der Waals surface area (Å²) in [5.41, 5.74) is 2.76. The molecule has 0 radical (unpaired) electrons. The number of esters is 1. The number of thiophene rings is 1. The lowest BCUT2D eigenvalue weighted by molar-refractivity contribution is -0.117. The summed E-state index contributed by atoms with van der Waals surface area (Å²) >= 11 is 1.52. The van der Waals surface area contributed by atoms with Crippen LogP contribution in [-0.4, -0.2) is 63.2 Å². The molecule has 4 rings (SSSR count). The zero-order valence-corrected chi connectivity index (χ0v) is 18.9. The number of rotatable bonds is 7. The SMILES string of the molecule is CCOC(=O)c1c(NC(=O)CN2CCN(c3cccc(OC)c3)CC2)sc2c1CCC2. The Kier molecular flexibility index (Phi) is 6.77. The number of hydrogen-bond acceptors (Lipinski definition) is 7. The highest BCUT2D eigenvalue weighted by Crippen LogP contribution is 2.39. The summed E-state index contributed by atoms with van der Waals surface area (Å²) in [7, 11) is 1.67. The van der Waals surface area contributed by atoms with E-state index in [1.54, 1.807) is 14.0 Å². The van der Waals surface area contributed by atoms with Gasteiger partial charge < -0.3 is 19.7 Å². The van der Waals surface area contributed by atoms with Crippen LogP contribution >= 0.6 is 11.3 Å². The van der Waals surface area contributed by atoms with Crippen molar-refractivity contribution in [2.45, 2.75) is 26.2 Å². The van der Waals surface area contributed by atoms with E-state index >= 15 is 0 Å². The highest BCUT2D eigenvalue weighted by atomic mass is 32.1. The van der Waals surface area contributed by atoms with Crippen molar-refractivity contribution < 1.29 is 19.1 Å². The van der Waals surface area contributed by atoms with E-state index in [1.807, 2.05) is 18.2 Å². The van der Waals surface area contributed by atoms with Gasteiger partial charge in [0.25, 0.3) is 0 Å². The first kappa shape index (κ1) is 21.6. The molecule has 2 aliphatic rings. The first-order valence-corrected chi connectivity index (χ1v) is 11.6. The molecular weight excluding hydrogens is 414 g/mol. The third kappa shape index (κ3) is 4.85. The number of nitrogens with zero attached hydrogens (tertiary/aromatic N) is 2.